The number of nitrogens with one attached hydrogen (secondary N) is 4. The quantitative estimate of drug-likeness (QED) is 0.146. The highest BCUT2D eigenvalue weighted by molar-refractivity contribution is 6.31. The maximum absolute atomic E-state index is 13.0. The number of ether oxygens (including phenoxy) is 1. The first-order chi connectivity index (χ1) is 20.3. The summed E-state index contributed by atoms with van der Waals surface area (Å²) in [6, 6.07) is 13.6. The van der Waals surface area contributed by atoms with Crippen molar-refractivity contribution in [1.29, 1.82) is 0 Å². The van der Waals surface area contributed by atoms with Gasteiger partial charge in [-0.25, -0.2) is 0 Å². The molecule has 42 heavy (non-hydrogen) atoms. The van der Waals surface area contributed by atoms with E-state index < -0.39 is 0 Å². The fourth-order valence-electron chi connectivity index (χ4n) is 4.56. The topological polar surface area (TPSA) is 116 Å². The number of amides is 2. The third kappa shape index (κ3) is 8.89. The van der Waals surface area contributed by atoms with E-state index in [1.54, 1.807) is 0 Å². The number of aryl methyl sites for hydroxylation is 1. The molecular formula is C33H43N5O4. The second-order valence-electron chi connectivity index (χ2n) is 10.3. The molecular weight excluding hydrogens is 530 g/mol. The van der Waals surface area contributed by atoms with Crippen LogP contribution in [0.4, 0.5) is 5.69 Å². The van der Waals surface area contributed by atoms with Crippen molar-refractivity contribution in [2.45, 2.75) is 27.2 Å². The fraction of sp³-hybridized carbons (Fsp3) is 0.364. The molecule has 9 heteroatoms. The summed E-state index contributed by atoms with van der Waals surface area (Å²) in [7, 11) is 4.04. The van der Waals surface area contributed by atoms with Crippen LogP contribution in [0.5, 0.6) is 0 Å². The molecule has 1 aliphatic heterocycles. The van der Waals surface area contributed by atoms with Gasteiger partial charge in [0.1, 0.15) is 0 Å². The number of aromatic nitrogens is 1. The number of hydrogen-bond acceptors (Lipinski definition) is 6. The van der Waals surface area contributed by atoms with Crippen molar-refractivity contribution >= 4 is 35.4 Å². The number of hydrogen-bond donors (Lipinski definition) is 4. The molecule has 2 aromatic carbocycles. The molecule has 4 rings (SSSR count). The lowest BCUT2D eigenvalue weighted by atomic mass is 9.87. The molecule has 3 aromatic rings. The molecule has 0 unspecified atom stereocenters. The number of ketones is 1. The molecule has 9 nitrogen and oxygen atoms in total. The molecule has 1 aliphatic rings. The molecule has 224 valence electrons. The number of Topliss-reactive ketones (excluding diaryl/α,β-unsaturated/α-hetero) is 1. The van der Waals surface area contributed by atoms with Crippen molar-refractivity contribution in [3.63, 3.8) is 0 Å². The van der Waals surface area contributed by atoms with E-state index in [0.717, 1.165) is 52.2 Å². The van der Waals surface area contributed by atoms with Gasteiger partial charge in [-0.2, -0.15) is 0 Å². The molecule has 0 radical (unpaired) electrons. The van der Waals surface area contributed by atoms with Crippen molar-refractivity contribution in [2.75, 3.05) is 58.8 Å². The normalized spacial score (nSPS) is 13.2. The summed E-state index contributed by atoms with van der Waals surface area (Å²) in [6.07, 6.45) is 5.47. The van der Waals surface area contributed by atoms with E-state index >= 15 is 0 Å². The number of nitrogens with zero attached hydrogens (tertiary/aromatic N) is 1. The Kier molecular flexibility index (Phi) is 12.5. The molecule has 1 aromatic heterocycles. The van der Waals surface area contributed by atoms with Crippen LogP contribution < -0.4 is 16.0 Å². The largest absolute Gasteiger partial charge is 0.380 e. The van der Waals surface area contributed by atoms with E-state index in [4.69, 9.17) is 4.74 Å². The molecule has 4 N–H and O–H groups in total. The number of fused-ring (bicyclic) bond motifs is 1. The van der Waals surface area contributed by atoms with Crippen molar-refractivity contribution in [1.82, 2.24) is 20.5 Å². The Morgan fingerprint density at radius 3 is 2.60 bits per heavy atom. The van der Waals surface area contributed by atoms with Gasteiger partial charge in [-0.15, -0.1) is 0 Å². The summed E-state index contributed by atoms with van der Waals surface area (Å²) >= 11 is 0. The molecule has 0 spiro atoms. The van der Waals surface area contributed by atoms with Crippen LogP contribution in [0.15, 0.2) is 48.7 Å². The highest BCUT2D eigenvalue weighted by atomic mass is 16.5. The Hall–Kier alpha value is -4.21. The third-order valence-corrected chi connectivity index (χ3v) is 6.98. The van der Waals surface area contributed by atoms with Crippen LogP contribution in [0.25, 0.3) is 22.8 Å². The second kappa shape index (κ2) is 16.3. The number of rotatable bonds is 12. The monoisotopic (exact) mass is 573 g/mol. The summed E-state index contributed by atoms with van der Waals surface area (Å²) in [5.41, 5.74) is 8.12. The Bertz CT molecular complexity index is 1390. The van der Waals surface area contributed by atoms with E-state index in [0.29, 0.717) is 43.8 Å². The summed E-state index contributed by atoms with van der Waals surface area (Å²) < 4.78 is 4.91. The second-order valence-corrected chi connectivity index (χ2v) is 10.3. The molecule has 0 aliphatic carbocycles. The minimum Gasteiger partial charge on any atom is -0.380 e. The first kappa shape index (κ1) is 32.3. The third-order valence-electron chi connectivity index (χ3n) is 6.98. The SMILES string of the molecule is CCOCCNC=O.Cc1c[nH]c(/C=C2\C(=O)CNc3cccc(-c4cccc(C(=O)NCCCN(C)C)c4)c32)c1C. The fourth-order valence-corrected chi connectivity index (χ4v) is 4.56. The van der Waals surface area contributed by atoms with E-state index in [-0.39, 0.29) is 18.2 Å². The van der Waals surface area contributed by atoms with Gasteiger partial charge < -0.3 is 30.6 Å². The van der Waals surface area contributed by atoms with Crippen LogP contribution in [-0.2, 0) is 14.3 Å². The van der Waals surface area contributed by atoms with Gasteiger partial charge in [0.2, 0.25) is 6.41 Å². The van der Waals surface area contributed by atoms with E-state index in [9.17, 15) is 14.4 Å². The van der Waals surface area contributed by atoms with Gasteiger partial charge in [0.25, 0.3) is 5.91 Å². The predicted molar refractivity (Wildman–Crippen MR) is 170 cm³/mol. The zero-order chi connectivity index (χ0) is 30.5. The van der Waals surface area contributed by atoms with Crippen molar-refractivity contribution in [3.8, 4) is 11.1 Å². The standard InChI is InChI=1S/C28H32N4O2.C5H11NO2/c1-18-16-30-25(19(18)2)15-23-26(33)17-31-24-11-6-10-22(27(23)24)20-8-5-9-21(14-20)28(34)29-12-7-13-32(3)4;1-2-8-4-3-6-5-7/h5-6,8-11,14-16,30-31H,7,12-13,17H2,1-4H3,(H,29,34);5H,2-4H2,1H3,(H,6,7)/b23-15+;. The van der Waals surface area contributed by atoms with Crippen LogP contribution in [0, 0.1) is 13.8 Å². The van der Waals surface area contributed by atoms with Gasteiger partial charge in [-0.3, -0.25) is 14.4 Å². The maximum atomic E-state index is 13.0. The highest BCUT2D eigenvalue weighted by Crippen LogP contribution is 2.39. The van der Waals surface area contributed by atoms with Gasteiger partial charge >= 0.3 is 0 Å². The minimum atomic E-state index is -0.0899. The zero-order valence-corrected chi connectivity index (χ0v) is 25.3. The number of carbonyl (C=O) groups is 3. The Morgan fingerprint density at radius 2 is 1.90 bits per heavy atom. The summed E-state index contributed by atoms with van der Waals surface area (Å²) in [6.45, 7) is 9.75. The average Bonchev–Trinajstić information content (AvgIpc) is 3.31. The van der Waals surface area contributed by atoms with Gasteiger partial charge in [-0.05, 0) is 94.4 Å². The number of H-pyrrole nitrogens is 1. The Balaban J connectivity index is 0.000000531. The first-order valence-corrected chi connectivity index (χ1v) is 14.3. The van der Waals surface area contributed by atoms with Gasteiger partial charge in [0, 0.05) is 54.0 Å². The van der Waals surface area contributed by atoms with E-state index in [1.165, 1.54) is 0 Å². The van der Waals surface area contributed by atoms with E-state index in [2.05, 4.69) is 39.7 Å². The number of aromatic amines is 1. The summed E-state index contributed by atoms with van der Waals surface area (Å²) in [5.74, 6) is -0.0470. The van der Waals surface area contributed by atoms with Crippen LogP contribution >= 0.6 is 0 Å². The number of carbonyl (C=O) groups excluding carboxylic acids is 3. The smallest absolute Gasteiger partial charge is 0.251 e. The van der Waals surface area contributed by atoms with Crippen LogP contribution in [0.3, 0.4) is 0 Å². The highest BCUT2D eigenvalue weighted by Gasteiger charge is 2.25. The first-order valence-electron chi connectivity index (χ1n) is 14.3. The van der Waals surface area contributed by atoms with E-state index in [1.807, 2.05) is 75.8 Å². The zero-order valence-electron chi connectivity index (χ0n) is 25.3. The van der Waals surface area contributed by atoms with Gasteiger partial charge in [0.15, 0.2) is 5.78 Å². The van der Waals surface area contributed by atoms with Gasteiger partial charge in [0.05, 0.1) is 13.2 Å². The molecule has 0 atom stereocenters. The summed E-state index contributed by atoms with van der Waals surface area (Å²) in [4.78, 5) is 40.8. The Morgan fingerprint density at radius 1 is 1.12 bits per heavy atom. The molecule has 0 saturated heterocycles. The molecule has 0 saturated carbocycles. The molecule has 0 fully saturated rings. The van der Waals surface area contributed by atoms with Crippen LogP contribution in [-0.4, -0.2) is 81.5 Å². The average molecular weight is 574 g/mol. The summed E-state index contributed by atoms with van der Waals surface area (Å²) in [5, 5.41) is 8.74. The number of anilines is 1. The molecule has 2 heterocycles. The number of benzene rings is 2. The Labute approximate surface area is 248 Å². The van der Waals surface area contributed by atoms with Crippen LogP contribution in [0.2, 0.25) is 0 Å². The predicted octanol–water partition coefficient (Wildman–Crippen LogP) is 4.28. The minimum absolute atomic E-state index is 0.0430. The van der Waals surface area contributed by atoms with Gasteiger partial charge in [-0.1, -0.05) is 24.3 Å². The lowest BCUT2D eigenvalue weighted by Crippen LogP contribution is -2.27. The van der Waals surface area contributed by atoms with Crippen molar-refractivity contribution in [3.05, 3.63) is 76.6 Å². The van der Waals surface area contributed by atoms with Crippen LogP contribution in [0.1, 0.15) is 46.1 Å². The lowest BCUT2D eigenvalue weighted by molar-refractivity contribution is -0.112. The maximum Gasteiger partial charge on any atom is 0.251 e. The van der Waals surface area contributed by atoms with Crippen molar-refractivity contribution in [2.24, 2.45) is 0 Å². The lowest BCUT2D eigenvalue weighted by Gasteiger charge is -2.23. The molecule has 2 amide bonds. The van der Waals surface area contributed by atoms with Crippen molar-refractivity contribution < 1.29 is 19.1 Å². The molecule has 0 bridgehead atoms.